The van der Waals surface area contributed by atoms with Crippen molar-refractivity contribution in [1.29, 1.82) is 0 Å². The van der Waals surface area contributed by atoms with Crippen molar-refractivity contribution in [2.24, 2.45) is 0 Å². The summed E-state index contributed by atoms with van der Waals surface area (Å²) in [5.41, 5.74) is 2.07. The van der Waals surface area contributed by atoms with Crippen LogP contribution in [0.2, 0.25) is 5.02 Å². The van der Waals surface area contributed by atoms with E-state index < -0.39 is 6.10 Å². The number of likely N-dealkylation sites (N-methyl/N-ethyl adjacent to an activating group) is 1. The minimum atomic E-state index is -0.553. The Morgan fingerprint density at radius 3 is 2.71 bits per heavy atom. The Bertz CT molecular complexity index is 636. The van der Waals surface area contributed by atoms with Gasteiger partial charge in [-0.15, -0.1) is 0 Å². The molecule has 0 radical (unpaired) electrons. The highest BCUT2D eigenvalue weighted by molar-refractivity contribution is 6.31. The maximum Gasteiger partial charge on any atom is 0.119 e. The highest BCUT2D eigenvalue weighted by Crippen LogP contribution is 2.16. The molecule has 0 aliphatic heterocycles. The van der Waals surface area contributed by atoms with Crippen LogP contribution in [0.25, 0.3) is 0 Å². The quantitative estimate of drug-likeness (QED) is 0.753. The molecule has 0 heterocycles. The summed E-state index contributed by atoms with van der Waals surface area (Å²) in [6, 6.07) is 15.4. The van der Waals surface area contributed by atoms with Crippen LogP contribution in [0.5, 0.6) is 5.75 Å². The van der Waals surface area contributed by atoms with Crippen molar-refractivity contribution in [3.05, 3.63) is 64.7 Å². The monoisotopic (exact) mass is 349 g/mol. The molecule has 0 aliphatic carbocycles. The molecule has 2 rings (SSSR count). The van der Waals surface area contributed by atoms with Gasteiger partial charge in [-0.3, -0.25) is 4.90 Å². The molecule has 24 heavy (non-hydrogen) atoms. The summed E-state index contributed by atoms with van der Waals surface area (Å²) in [7, 11) is 3.59. The zero-order valence-corrected chi connectivity index (χ0v) is 14.9. The normalized spacial score (nSPS) is 12.4. The molecular formula is C19H24ClNO3. The predicted molar refractivity (Wildman–Crippen MR) is 96.4 cm³/mol. The van der Waals surface area contributed by atoms with Gasteiger partial charge in [0.05, 0.1) is 26.4 Å². The van der Waals surface area contributed by atoms with E-state index in [1.54, 1.807) is 7.11 Å². The van der Waals surface area contributed by atoms with E-state index in [1.165, 1.54) is 0 Å². The van der Waals surface area contributed by atoms with E-state index in [1.807, 2.05) is 60.5 Å². The maximum atomic E-state index is 10.1. The van der Waals surface area contributed by atoms with Crippen LogP contribution >= 0.6 is 11.6 Å². The summed E-state index contributed by atoms with van der Waals surface area (Å²) in [6.45, 7) is 1.93. The molecule has 0 fully saturated rings. The number of aliphatic hydroxyl groups excluding tert-OH is 1. The SMILES string of the molecule is COc1cccc(COC[C@@H](O)CN(C)Cc2ccccc2Cl)c1. The third-order valence-corrected chi connectivity index (χ3v) is 4.00. The van der Waals surface area contributed by atoms with Crippen LogP contribution in [0.15, 0.2) is 48.5 Å². The van der Waals surface area contributed by atoms with E-state index >= 15 is 0 Å². The number of benzene rings is 2. The largest absolute Gasteiger partial charge is 0.497 e. The first kappa shape index (κ1) is 18.7. The van der Waals surface area contributed by atoms with Crippen molar-refractivity contribution in [1.82, 2.24) is 4.90 Å². The number of ether oxygens (including phenoxy) is 2. The Morgan fingerprint density at radius 1 is 1.17 bits per heavy atom. The summed E-state index contributed by atoms with van der Waals surface area (Å²) in [6.07, 6.45) is -0.553. The molecule has 0 aliphatic rings. The van der Waals surface area contributed by atoms with Crippen molar-refractivity contribution < 1.29 is 14.6 Å². The van der Waals surface area contributed by atoms with Crippen LogP contribution in [0.1, 0.15) is 11.1 Å². The lowest BCUT2D eigenvalue weighted by molar-refractivity contribution is 0.0127. The summed E-state index contributed by atoms with van der Waals surface area (Å²) < 4.78 is 10.8. The lowest BCUT2D eigenvalue weighted by Gasteiger charge is -2.21. The van der Waals surface area contributed by atoms with E-state index in [9.17, 15) is 5.11 Å². The molecule has 0 unspecified atom stereocenters. The molecule has 1 N–H and O–H groups in total. The van der Waals surface area contributed by atoms with E-state index in [2.05, 4.69) is 0 Å². The standard InChI is InChI=1S/C19H24ClNO3/c1-21(11-16-7-3-4-9-19(16)20)12-17(22)14-24-13-15-6-5-8-18(10-15)23-2/h3-10,17,22H,11-14H2,1-2H3/t17-/m0/s1. The smallest absolute Gasteiger partial charge is 0.119 e. The minimum absolute atomic E-state index is 0.282. The van der Waals surface area contributed by atoms with E-state index in [0.717, 1.165) is 21.9 Å². The molecule has 5 heteroatoms. The zero-order chi connectivity index (χ0) is 17.4. The van der Waals surface area contributed by atoms with Gasteiger partial charge >= 0.3 is 0 Å². The first-order chi connectivity index (χ1) is 11.6. The first-order valence-corrected chi connectivity index (χ1v) is 8.27. The molecule has 0 aromatic heterocycles. The van der Waals surface area contributed by atoms with Gasteiger partial charge in [-0.2, -0.15) is 0 Å². The molecule has 0 amide bonds. The fourth-order valence-corrected chi connectivity index (χ4v) is 2.66. The Morgan fingerprint density at radius 2 is 1.96 bits per heavy atom. The maximum absolute atomic E-state index is 10.1. The second-order valence-electron chi connectivity index (χ2n) is 5.81. The van der Waals surface area contributed by atoms with Crippen LogP contribution in [-0.2, 0) is 17.9 Å². The second kappa shape index (κ2) is 9.64. The van der Waals surface area contributed by atoms with Crippen LogP contribution < -0.4 is 4.74 Å². The molecule has 130 valence electrons. The van der Waals surface area contributed by atoms with Gasteiger partial charge in [0.15, 0.2) is 0 Å². The number of nitrogens with zero attached hydrogens (tertiary/aromatic N) is 1. The van der Waals surface area contributed by atoms with Crippen molar-refractivity contribution >= 4 is 11.6 Å². The van der Waals surface area contributed by atoms with Gasteiger partial charge in [-0.05, 0) is 36.4 Å². The van der Waals surface area contributed by atoms with E-state index in [4.69, 9.17) is 21.1 Å². The number of aliphatic hydroxyl groups is 1. The van der Waals surface area contributed by atoms with E-state index in [-0.39, 0.29) is 6.61 Å². The fourth-order valence-electron chi connectivity index (χ4n) is 2.47. The molecule has 1 atom stereocenters. The number of halogens is 1. The molecule has 0 saturated carbocycles. The van der Waals surface area contributed by atoms with Crippen molar-refractivity contribution in [3.8, 4) is 5.75 Å². The van der Waals surface area contributed by atoms with Crippen LogP contribution in [0, 0.1) is 0 Å². The van der Waals surface area contributed by atoms with Gasteiger partial charge in [0, 0.05) is 18.1 Å². The minimum Gasteiger partial charge on any atom is -0.497 e. The molecule has 0 bridgehead atoms. The predicted octanol–water partition coefficient (Wildman–Crippen LogP) is 3.36. The molecule has 0 spiro atoms. The second-order valence-corrected chi connectivity index (χ2v) is 6.22. The lowest BCUT2D eigenvalue weighted by Crippen LogP contribution is -2.31. The molecule has 0 saturated heterocycles. The van der Waals surface area contributed by atoms with Gasteiger partial charge in [0.25, 0.3) is 0 Å². The van der Waals surface area contributed by atoms with Crippen LogP contribution in [0.4, 0.5) is 0 Å². The van der Waals surface area contributed by atoms with Crippen LogP contribution in [0.3, 0.4) is 0 Å². The van der Waals surface area contributed by atoms with Crippen molar-refractivity contribution in [3.63, 3.8) is 0 Å². The van der Waals surface area contributed by atoms with Crippen LogP contribution in [-0.4, -0.2) is 43.4 Å². The van der Waals surface area contributed by atoms with E-state index in [0.29, 0.717) is 19.7 Å². The zero-order valence-electron chi connectivity index (χ0n) is 14.1. The van der Waals surface area contributed by atoms with Gasteiger partial charge in [0.2, 0.25) is 0 Å². The molecule has 2 aromatic carbocycles. The van der Waals surface area contributed by atoms with Crippen molar-refractivity contribution in [2.75, 3.05) is 27.3 Å². The number of hydrogen-bond acceptors (Lipinski definition) is 4. The molecule has 2 aromatic rings. The fraction of sp³-hybridized carbons (Fsp3) is 0.368. The van der Waals surface area contributed by atoms with Gasteiger partial charge in [0.1, 0.15) is 5.75 Å². The van der Waals surface area contributed by atoms with Crippen molar-refractivity contribution in [2.45, 2.75) is 19.3 Å². The first-order valence-electron chi connectivity index (χ1n) is 7.89. The summed E-state index contributed by atoms with van der Waals surface area (Å²) in [4.78, 5) is 2.03. The Kier molecular flexibility index (Phi) is 7.53. The third-order valence-electron chi connectivity index (χ3n) is 3.63. The molecule has 4 nitrogen and oxygen atoms in total. The highest BCUT2D eigenvalue weighted by atomic mass is 35.5. The highest BCUT2D eigenvalue weighted by Gasteiger charge is 2.10. The summed E-state index contributed by atoms with van der Waals surface area (Å²) in [5, 5.41) is 10.9. The lowest BCUT2D eigenvalue weighted by atomic mass is 10.2. The Balaban J connectivity index is 1.72. The summed E-state index contributed by atoms with van der Waals surface area (Å²) >= 11 is 6.16. The Hall–Kier alpha value is -1.59. The van der Waals surface area contributed by atoms with Gasteiger partial charge < -0.3 is 14.6 Å². The number of hydrogen-bond donors (Lipinski definition) is 1. The van der Waals surface area contributed by atoms with Gasteiger partial charge in [-0.25, -0.2) is 0 Å². The average molecular weight is 350 g/mol. The summed E-state index contributed by atoms with van der Waals surface area (Å²) in [5.74, 6) is 0.802. The average Bonchev–Trinajstić information content (AvgIpc) is 2.57. The number of rotatable bonds is 9. The Labute approximate surface area is 148 Å². The molecular weight excluding hydrogens is 326 g/mol. The third kappa shape index (κ3) is 6.13. The topological polar surface area (TPSA) is 41.9 Å². The van der Waals surface area contributed by atoms with Gasteiger partial charge in [-0.1, -0.05) is 41.9 Å². The number of methoxy groups -OCH3 is 1.